The molecule has 1 aliphatic rings. The molecule has 9 nitrogen and oxygen atoms in total. The summed E-state index contributed by atoms with van der Waals surface area (Å²) in [5.41, 5.74) is 0. The van der Waals surface area contributed by atoms with Crippen LogP contribution in [0.3, 0.4) is 0 Å². The van der Waals surface area contributed by atoms with Gasteiger partial charge in [-0.25, -0.2) is 9.67 Å². The summed E-state index contributed by atoms with van der Waals surface area (Å²) in [5.74, 6) is 1.25. The number of aryl methyl sites for hydroxylation is 2. The molecule has 20 heavy (non-hydrogen) atoms. The first-order valence-electron chi connectivity index (χ1n) is 6.58. The monoisotopic (exact) mass is 276 g/mol. The van der Waals surface area contributed by atoms with Crippen molar-refractivity contribution in [1.82, 2.24) is 40.3 Å². The van der Waals surface area contributed by atoms with E-state index in [9.17, 15) is 4.79 Å². The Morgan fingerprint density at radius 3 is 3.00 bits per heavy atom. The molecular formula is C11H16N8O. The highest BCUT2D eigenvalue weighted by molar-refractivity contribution is 5.76. The van der Waals surface area contributed by atoms with E-state index in [4.69, 9.17) is 0 Å². The summed E-state index contributed by atoms with van der Waals surface area (Å²) in [6.07, 6.45) is 5.58. The van der Waals surface area contributed by atoms with Crippen LogP contribution in [0.4, 0.5) is 0 Å². The lowest BCUT2D eigenvalue weighted by atomic mass is 10.1. The van der Waals surface area contributed by atoms with Gasteiger partial charge in [0, 0.05) is 13.5 Å². The lowest BCUT2D eigenvalue weighted by molar-refractivity contribution is -0.122. The number of carbonyl (C=O) groups is 1. The van der Waals surface area contributed by atoms with Crippen LogP contribution in [0.2, 0.25) is 0 Å². The molecule has 1 amide bonds. The normalized spacial score (nSPS) is 16.1. The Morgan fingerprint density at radius 2 is 2.40 bits per heavy atom. The quantitative estimate of drug-likeness (QED) is 0.760. The minimum absolute atomic E-state index is 0.0274. The zero-order valence-electron chi connectivity index (χ0n) is 11.2. The van der Waals surface area contributed by atoms with Crippen LogP contribution in [0.25, 0.3) is 0 Å². The SMILES string of the molecule is Cn1ncnc1[C@H](NC(=O)CCn1cnnn1)C1CC1. The van der Waals surface area contributed by atoms with Gasteiger partial charge in [-0.1, -0.05) is 0 Å². The van der Waals surface area contributed by atoms with Crippen LogP contribution in [0.15, 0.2) is 12.7 Å². The van der Waals surface area contributed by atoms with E-state index in [0.29, 0.717) is 18.9 Å². The van der Waals surface area contributed by atoms with E-state index in [2.05, 4.69) is 30.9 Å². The minimum Gasteiger partial charge on any atom is -0.346 e. The molecule has 0 bridgehead atoms. The summed E-state index contributed by atoms with van der Waals surface area (Å²) >= 11 is 0. The van der Waals surface area contributed by atoms with Gasteiger partial charge in [0.15, 0.2) is 0 Å². The topological polar surface area (TPSA) is 103 Å². The molecule has 1 atom stereocenters. The predicted molar refractivity (Wildman–Crippen MR) is 67.0 cm³/mol. The number of nitrogens with zero attached hydrogens (tertiary/aromatic N) is 7. The lowest BCUT2D eigenvalue weighted by Crippen LogP contribution is -2.32. The van der Waals surface area contributed by atoms with Crippen LogP contribution in [-0.2, 0) is 18.4 Å². The molecule has 3 rings (SSSR count). The molecule has 0 spiro atoms. The Bertz CT molecular complexity index is 573. The second kappa shape index (κ2) is 5.35. The molecule has 0 saturated heterocycles. The van der Waals surface area contributed by atoms with Crippen LogP contribution in [0.1, 0.15) is 31.1 Å². The third-order valence-electron chi connectivity index (χ3n) is 3.39. The van der Waals surface area contributed by atoms with Gasteiger partial charge >= 0.3 is 0 Å². The van der Waals surface area contributed by atoms with Gasteiger partial charge in [-0.2, -0.15) is 5.10 Å². The number of aromatic nitrogens is 7. The van der Waals surface area contributed by atoms with Crippen LogP contribution in [0.5, 0.6) is 0 Å². The number of nitrogens with one attached hydrogen (secondary N) is 1. The summed E-state index contributed by atoms with van der Waals surface area (Å²) in [6, 6.07) is -0.0520. The fraction of sp³-hybridized carbons (Fsp3) is 0.636. The van der Waals surface area contributed by atoms with Crippen molar-refractivity contribution < 1.29 is 4.79 Å². The van der Waals surface area contributed by atoms with Crippen LogP contribution in [-0.4, -0.2) is 40.9 Å². The van der Waals surface area contributed by atoms with Crippen LogP contribution < -0.4 is 5.32 Å². The standard InChI is InChI=1S/C11H16N8O/c1-18-11(12-6-14-18)10(8-2-3-8)15-9(20)4-5-19-7-13-16-17-19/h6-8,10H,2-5H2,1H3,(H,15,20)/t10-/m1/s1. The Morgan fingerprint density at radius 1 is 1.55 bits per heavy atom. The highest BCUT2D eigenvalue weighted by Gasteiger charge is 2.35. The number of hydrogen-bond acceptors (Lipinski definition) is 6. The minimum atomic E-state index is -0.0520. The Kier molecular flexibility index (Phi) is 3.40. The smallest absolute Gasteiger partial charge is 0.222 e. The summed E-state index contributed by atoms with van der Waals surface area (Å²) < 4.78 is 3.25. The van der Waals surface area contributed by atoms with Gasteiger partial charge in [0.2, 0.25) is 5.91 Å². The molecule has 9 heteroatoms. The molecule has 0 aliphatic heterocycles. The van der Waals surface area contributed by atoms with Crippen molar-refractivity contribution in [2.75, 3.05) is 0 Å². The van der Waals surface area contributed by atoms with E-state index < -0.39 is 0 Å². The molecule has 2 aromatic heterocycles. The maximum Gasteiger partial charge on any atom is 0.222 e. The van der Waals surface area contributed by atoms with Gasteiger partial charge in [0.25, 0.3) is 0 Å². The van der Waals surface area contributed by atoms with Crippen molar-refractivity contribution >= 4 is 5.91 Å². The molecule has 1 aliphatic carbocycles. The van der Waals surface area contributed by atoms with Crippen LogP contribution in [0, 0.1) is 5.92 Å². The molecule has 0 unspecified atom stereocenters. The van der Waals surface area contributed by atoms with Gasteiger partial charge in [0.05, 0.1) is 12.6 Å². The third kappa shape index (κ3) is 2.81. The second-order valence-electron chi connectivity index (χ2n) is 4.95. The molecule has 1 fully saturated rings. The van der Waals surface area contributed by atoms with E-state index in [1.165, 1.54) is 17.3 Å². The van der Waals surface area contributed by atoms with Gasteiger partial charge in [0.1, 0.15) is 18.5 Å². The number of carbonyl (C=O) groups excluding carboxylic acids is 1. The second-order valence-corrected chi connectivity index (χ2v) is 4.95. The molecular weight excluding hydrogens is 260 g/mol. The predicted octanol–water partition coefficient (Wildman–Crippen LogP) is -0.541. The van der Waals surface area contributed by atoms with Crippen molar-refractivity contribution in [3.05, 3.63) is 18.5 Å². The Balaban J connectivity index is 1.59. The van der Waals surface area contributed by atoms with Gasteiger partial charge < -0.3 is 5.32 Å². The number of rotatable bonds is 6. The van der Waals surface area contributed by atoms with E-state index in [-0.39, 0.29) is 11.9 Å². The van der Waals surface area contributed by atoms with E-state index in [1.807, 2.05) is 7.05 Å². The summed E-state index contributed by atoms with van der Waals surface area (Å²) in [5, 5.41) is 17.9. The van der Waals surface area contributed by atoms with Crippen LogP contribution >= 0.6 is 0 Å². The average Bonchev–Trinajstić information content (AvgIpc) is 2.97. The van der Waals surface area contributed by atoms with E-state index in [1.54, 1.807) is 4.68 Å². The van der Waals surface area contributed by atoms with E-state index in [0.717, 1.165) is 18.7 Å². The summed E-state index contributed by atoms with van der Waals surface area (Å²) in [7, 11) is 1.84. The molecule has 2 aromatic rings. The van der Waals surface area contributed by atoms with E-state index >= 15 is 0 Å². The van der Waals surface area contributed by atoms with Crippen molar-refractivity contribution in [3.63, 3.8) is 0 Å². The number of hydrogen-bond donors (Lipinski definition) is 1. The summed E-state index contributed by atoms with van der Waals surface area (Å²) in [4.78, 5) is 16.3. The third-order valence-corrected chi connectivity index (χ3v) is 3.39. The maximum absolute atomic E-state index is 12.0. The van der Waals surface area contributed by atoms with Crippen molar-refractivity contribution in [1.29, 1.82) is 0 Å². The first-order chi connectivity index (χ1) is 9.74. The number of tetrazole rings is 1. The highest BCUT2D eigenvalue weighted by Crippen LogP contribution is 2.40. The Hall–Kier alpha value is -2.32. The van der Waals surface area contributed by atoms with Crippen molar-refractivity contribution in [2.24, 2.45) is 13.0 Å². The zero-order valence-corrected chi connectivity index (χ0v) is 11.2. The maximum atomic E-state index is 12.0. The summed E-state index contributed by atoms with van der Waals surface area (Å²) in [6.45, 7) is 0.467. The molecule has 0 radical (unpaired) electrons. The fourth-order valence-electron chi connectivity index (χ4n) is 2.15. The lowest BCUT2D eigenvalue weighted by Gasteiger charge is -2.17. The average molecular weight is 276 g/mol. The highest BCUT2D eigenvalue weighted by atomic mass is 16.1. The molecule has 1 saturated carbocycles. The number of amides is 1. The molecule has 2 heterocycles. The van der Waals surface area contributed by atoms with Gasteiger partial charge in [-0.15, -0.1) is 5.10 Å². The molecule has 0 aromatic carbocycles. The van der Waals surface area contributed by atoms with Gasteiger partial charge in [-0.05, 0) is 29.2 Å². The molecule has 106 valence electrons. The molecule has 1 N–H and O–H groups in total. The van der Waals surface area contributed by atoms with Crippen molar-refractivity contribution in [2.45, 2.75) is 31.8 Å². The van der Waals surface area contributed by atoms with Gasteiger partial charge in [-0.3, -0.25) is 9.48 Å². The zero-order chi connectivity index (χ0) is 13.9. The first kappa shape index (κ1) is 12.7. The fourth-order valence-corrected chi connectivity index (χ4v) is 2.15. The van der Waals surface area contributed by atoms with Crippen molar-refractivity contribution in [3.8, 4) is 0 Å². The Labute approximate surface area is 115 Å². The largest absolute Gasteiger partial charge is 0.346 e. The first-order valence-corrected chi connectivity index (χ1v) is 6.58.